The van der Waals surface area contributed by atoms with Crippen LogP contribution in [0.5, 0.6) is 11.5 Å². The molecule has 2 aliphatic rings. The molecule has 0 heterocycles. The van der Waals surface area contributed by atoms with Gasteiger partial charge in [-0.15, -0.1) is 0 Å². The number of carbonyl (C=O) groups excluding carboxylic acids is 1. The first-order valence-corrected chi connectivity index (χ1v) is 8.59. The molecule has 2 fully saturated rings. The van der Waals surface area contributed by atoms with Crippen molar-refractivity contribution >= 4 is 5.78 Å². The summed E-state index contributed by atoms with van der Waals surface area (Å²) in [4.78, 5) is 13.0. The van der Waals surface area contributed by atoms with Gasteiger partial charge in [0, 0.05) is 7.11 Å². The molecular weight excluding hydrogens is 320 g/mol. The molecule has 2 bridgehead atoms. The van der Waals surface area contributed by atoms with Gasteiger partial charge in [-0.25, -0.2) is 0 Å². The highest BCUT2D eigenvalue weighted by molar-refractivity contribution is 5.95. The van der Waals surface area contributed by atoms with E-state index in [-0.39, 0.29) is 23.9 Å². The standard InChI is InChI=1S/C20H26O5/c1-19(2)16-9-10-20(19,18(21)17(16)25-13-22-3)11-12-24-15-7-5-14(23-4)6-8-15/h5-8,11-12,16-17H,9-10,13H2,1-4H3/b12-11+/t16-,17-,20-/m1/s1. The van der Waals surface area contributed by atoms with Gasteiger partial charge in [0.2, 0.25) is 0 Å². The molecule has 3 atom stereocenters. The Morgan fingerprint density at radius 3 is 2.48 bits per heavy atom. The summed E-state index contributed by atoms with van der Waals surface area (Å²) in [6.07, 6.45) is 4.98. The molecule has 0 amide bonds. The Morgan fingerprint density at radius 1 is 1.16 bits per heavy atom. The number of allylic oxidation sites excluding steroid dienone is 1. The van der Waals surface area contributed by atoms with Gasteiger partial charge in [0.05, 0.1) is 18.8 Å². The Labute approximate surface area is 148 Å². The van der Waals surface area contributed by atoms with Crippen LogP contribution in [-0.4, -0.2) is 32.9 Å². The monoisotopic (exact) mass is 346 g/mol. The highest BCUT2D eigenvalue weighted by Crippen LogP contribution is 2.65. The van der Waals surface area contributed by atoms with Crippen LogP contribution < -0.4 is 9.47 Å². The van der Waals surface area contributed by atoms with E-state index in [1.165, 1.54) is 0 Å². The molecule has 0 spiro atoms. The zero-order chi connectivity index (χ0) is 18.1. The van der Waals surface area contributed by atoms with Gasteiger partial charge >= 0.3 is 0 Å². The summed E-state index contributed by atoms with van der Waals surface area (Å²) >= 11 is 0. The van der Waals surface area contributed by atoms with Crippen molar-refractivity contribution in [2.45, 2.75) is 32.8 Å². The molecule has 0 aliphatic heterocycles. The Hall–Kier alpha value is -1.85. The Morgan fingerprint density at radius 2 is 1.84 bits per heavy atom. The summed E-state index contributed by atoms with van der Waals surface area (Å²) in [6.45, 7) is 4.44. The zero-order valence-corrected chi connectivity index (χ0v) is 15.3. The van der Waals surface area contributed by atoms with E-state index >= 15 is 0 Å². The number of benzene rings is 1. The second kappa shape index (κ2) is 6.81. The molecule has 136 valence electrons. The third-order valence-corrected chi connectivity index (χ3v) is 5.97. The van der Waals surface area contributed by atoms with Crippen LogP contribution in [-0.2, 0) is 14.3 Å². The fraction of sp³-hybridized carbons (Fsp3) is 0.550. The molecule has 0 saturated heterocycles. The number of fused-ring (bicyclic) bond motifs is 2. The van der Waals surface area contributed by atoms with Crippen LogP contribution in [0, 0.1) is 16.7 Å². The van der Waals surface area contributed by atoms with Crippen molar-refractivity contribution in [1.29, 1.82) is 0 Å². The largest absolute Gasteiger partial charge is 0.497 e. The first kappa shape index (κ1) is 18.0. The summed E-state index contributed by atoms with van der Waals surface area (Å²) in [5.41, 5.74) is -0.704. The van der Waals surface area contributed by atoms with Crippen LogP contribution in [0.3, 0.4) is 0 Å². The summed E-state index contributed by atoms with van der Waals surface area (Å²) in [5.74, 6) is 1.83. The number of carbonyl (C=O) groups is 1. The molecule has 25 heavy (non-hydrogen) atoms. The molecule has 1 aromatic carbocycles. The maximum Gasteiger partial charge on any atom is 0.172 e. The van der Waals surface area contributed by atoms with E-state index in [4.69, 9.17) is 18.9 Å². The number of ketones is 1. The number of hydrogen-bond acceptors (Lipinski definition) is 5. The minimum Gasteiger partial charge on any atom is -0.497 e. The maximum atomic E-state index is 13.0. The van der Waals surface area contributed by atoms with Crippen LogP contribution >= 0.6 is 0 Å². The van der Waals surface area contributed by atoms with Gasteiger partial charge < -0.3 is 18.9 Å². The van der Waals surface area contributed by atoms with Crippen molar-refractivity contribution in [3.05, 3.63) is 36.6 Å². The van der Waals surface area contributed by atoms with Crippen LogP contribution in [0.2, 0.25) is 0 Å². The lowest BCUT2D eigenvalue weighted by molar-refractivity contribution is -0.146. The van der Waals surface area contributed by atoms with Gasteiger partial charge in [-0.1, -0.05) is 13.8 Å². The van der Waals surface area contributed by atoms with E-state index in [0.29, 0.717) is 5.75 Å². The molecular formula is C20H26O5. The summed E-state index contributed by atoms with van der Waals surface area (Å²) in [5, 5.41) is 0. The van der Waals surface area contributed by atoms with Crippen molar-refractivity contribution in [2.75, 3.05) is 21.0 Å². The van der Waals surface area contributed by atoms with Gasteiger partial charge in [0.15, 0.2) is 5.78 Å². The van der Waals surface area contributed by atoms with Gasteiger partial charge in [0.25, 0.3) is 0 Å². The lowest BCUT2D eigenvalue weighted by Gasteiger charge is -2.32. The predicted octanol–water partition coefficient (Wildman–Crippen LogP) is 3.58. The molecule has 2 saturated carbocycles. The second-order valence-electron chi connectivity index (χ2n) is 7.29. The van der Waals surface area contributed by atoms with Crippen LogP contribution in [0.1, 0.15) is 26.7 Å². The highest BCUT2D eigenvalue weighted by atomic mass is 16.7. The molecule has 3 rings (SSSR count). The molecule has 0 radical (unpaired) electrons. The minimum absolute atomic E-state index is 0.139. The normalized spacial score (nSPS) is 30.2. The van der Waals surface area contributed by atoms with Crippen molar-refractivity contribution in [2.24, 2.45) is 16.7 Å². The number of ether oxygens (including phenoxy) is 4. The molecule has 2 aliphatic carbocycles. The average Bonchev–Trinajstić information content (AvgIpc) is 2.95. The van der Waals surface area contributed by atoms with E-state index in [1.54, 1.807) is 20.5 Å². The van der Waals surface area contributed by atoms with Crippen LogP contribution in [0.4, 0.5) is 0 Å². The van der Waals surface area contributed by atoms with Gasteiger partial charge in [0.1, 0.15) is 24.4 Å². The van der Waals surface area contributed by atoms with E-state index in [2.05, 4.69) is 13.8 Å². The summed E-state index contributed by atoms with van der Waals surface area (Å²) in [6, 6.07) is 7.35. The Kier molecular flexibility index (Phi) is 4.89. The fourth-order valence-corrected chi connectivity index (χ4v) is 4.40. The van der Waals surface area contributed by atoms with Crippen molar-refractivity contribution in [3.8, 4) is 11.5 Å². The predicted molar refractivity (Wildman–Crippen MR) is 93.5 cm³/mol. The van der Waals surface area contributed by atoms with E-state index in [0.717, 1.165) is 18.6 Å². The number of rotatable bonds is 7. The first-order valence-electron chi connectivity index (χ1n) is 8.59. The van der Waals surface area contributed by atoms with E-state index in [1.807, 2.05) is 30.3 Å². The van der Waals surface area contributed by atoms with Crippen molar-refractivity contribution in [1.82, 2.24) is 0 Å². The van der Waals surface area contributed by atoms with Gasteiger partial charge in [-0.2, -0.15) is 0 Å². The van der Waals surface area contributed by atoms with Gasteiger partial charge in [-0.3, -0.25) is 4.79 Å². The first-order chi connectivity index (χ1) is 12.0. The zero-order valence-electron chi connectivity index (χ0n) is 15.3. The molecule has 1 aromatic rings. The van der Waals surface area contributed by atoms with E-state index in [9.17, 15) is 4.79 Å². The highest BCUT2D eigenvalue weighted by Gasteiger charge is 2.68. The number of hydrogen-bond donors (Lipinski definition) is 0. The third kappa shape index (κ3) is 2.85. The smallest absolute Gasteiger partial charge is 0.172 e. The molecule has 5 heteroatoms. The average molecular weight is 346 g/mol. The maximum absolute atomic E-state index is 13.0. The van der Waals surface area contributed by atoms with Gasteiger partial charge in [-0.05, 0) is 54.5 Å². The lowest BCUT2D eigenvalue weighted by Crippen LogP contribution is -2.37. The lowest BCUT2D eigenvalue weighted by atomic mass is 9.69. The van der Waals surface area contributed by atoms with Crippen molar-refractivity contribution in [3.63, 3.8) is 0 Å². The van der Waals surface area contributed by atoms with Crippen LogP contribution in [0.25, 0.3) is 0 Å². The molecule has 0 N–H and O–H groups in total. The second-order valence-corrected chi connectivity index (χ2v) is 7.29. The SMILES string of the molecule is COCO[C@H]1C(=O)[C@]2(/C=C/Oc3ccc(OC)cc3)CC[C@H]1C2(C)C. The van der Waals surface area contributed by atoms with Crippen LogP contribution in [0.15, 0.2) is 36.6 Å². The topological polar surface area (TPSA) is 54.0 Å². The minimum atomic E-state index is -0.539. The van der Waals surface area contributed by atoms with E-state index < -0.39 is 11.5 Å². The third-order valence-electron chi connectivity index (χ3n) is 5.97. The Balaban J connectivity index is 1.76. The fourth-order valence-electron chi connectivity index (χ4n) is 4.40. The molecule has 5 nitrogen and oxygen atoms in total. The molecule has 0 unspecified atom stereocenters. The Bertz CT molecular complexity index is 649. The quantitative estimate of drug-likeness (QED) is 0.558. The van der Waals surface area contributed by atoms with Crippen molar-refractivity contribution < 1.29 is 23.7 Å². The number of Topliss-reactive ketones (excluding diaryl/α,β-unsaturated/α-hetero) is 1. The molecule has 0 aromatic heterocycles. The number of methoxy groups -OCH3 is 2. The summed E-state index contributed by atoms with van der Waals surface area (Å²) < 4.78 is 21.5. The summed E-state index contributed by atoms with van der Waals surface area (Å²) in [7, 11) is 3.20.